The molecule has 1 aromatic carbocycles. The van der Waals surface area contributed by atoms with Gasteiger partial charge in [-0.1, -0.05) is 26.0 Å². The lowest BCUT2D eigenvalue weighted by Crippen LogP contribution is -2.05. The average molecular weight is 332 g/mol. The molecule has 2 heterocycles. The van der Waals surface area contributed by atoms with E-state index in [-0.39, 0.29) is 5.78 Å². The van der Waals surface area contributed by atoms with E-state index in [1.807, 2.05) is 12.1 Å². The molecule has 0 unspecified atom stereocenters. The van der Waals surface area contributed by atoms with Crippen molar-refractivity contribution in [1.82, 2.24) is 15.0 Å². The molecular formula is C20H20N4O. The second kappa shape index (κ2) is 7.66. The van der Waals surface area contributed by atoms with Gasteiger partial charge in [-0.15, -0.1) is 0 Å². The number of benzene rings is 1. The number of anilines is 2. The van der Waals surface area contributed by atoms with Crippen LogP contribution in [-0.4, -0.2) is 20.7 Å². The van der Waals surface area contributed by atoms with E-state index in [4.69, 9.17) is 0 Å². The van der Waals surface area contributed by atoms with Crippen molar-refractivity contribution >= 4 is 17.4 Å². The average Bonchev–Trinajstić information content (AvgIpc) is 2.64. The Morgan fingerprint density at radius 1 is 1.00 bits per heavy atom. The lowest BCUT2D eigenvalue weighted by atomic mass is 10.0. The summed E-state index contributed by atoms with van der Waals surface area (Å²) in [4.78, 5) is 24.7. The first-order valence-corrected chi connectivity index (χ1v) is 8.24. The molecule has 3 rings (SSSR count). The van der Waals surface area contributed by atoms with Crippen LogP contribution in [0.5, 0.6) is 0 Å². The molecule has 25 heavy (non-hydrogen) atoms. The fourth-order valence-electron chi connectivity index (χ4n) is 2.50. The van der Waals surface area contributed by atoms with Crippen LogP contribution >= 0.6 is 0 Å². The van der Waals surface area contributed by atoms with Crippen LogP contribution in [0.2, 0.25) is 0 Å². The molecule has 0 amide bonds. The summed E-state index contributed by atoms with van der Waals surface area (Å²) in [6.45, 7) is 4.41. The van der Waals surface area contributed by atoms with Gasteiger partial charge in [-0.05, 0) is 42.2 Å². The molecule has 0 atom stereocenters. The molecule has 0 aliphatic rings. The van der Waals surface area contributed by atoms with E-state index in [2.05, 4.69) is 46.2 Å². The zero-order chi connectivity index (χ0) is 17.6. The molecule has 0 bridgehead atoms. The Kier molecular flexibility index (Phi) is 5.14. The lowest BCUT2D eigenvalue weighted by molar-refractivity contribution is 0.103. The summed E-state index contributed by atoms with van der Waals surface area (Å²) in [5.74, 6) is 0.948. The maximum absolute atomic E-state index is 12.3. The molecule has 2 aromatic heterocycles. The van der Waals surface area contributed by atoms with Gasteiger partial charge in [-0.3, -0.25) is 9.78 Å². The fourth-order valence-corrected chi connectivity index (χ4v) is 2.50. The smallest absolute Gasteiger partial charge is 0.227 e. The fraction of sp³-hybridized carbons (Fsp3) is 0.200. The van der Waals surface area contributed by atoms with Gasteiger partial charge >= 0.3 is 0 Å². The largest absolute Gasteiger partial charge is 0.324 e. The monoisotopic (exact) mass is 332 g/mol. The quantitative estimate of drug-likeness (QED) is 0.690. The predicted molar refractivity (Wildman–Crippen MR) is 98.0 cm³/mol. The normalized spacial score (nSPS) is 10.7. The topological polar surface area (TPSA) is 67.8 Å². The summed E-state index contributed by atoms with van der Waals surface area (Å²) < 4.78 is 0. The van der Waals surface area contributed by atoms with E-state index in [0.717, 1.165) is 12.1 Å². The van der Waals surface area contributed by atoms with Gasteiger partial charge in [0.15, 0.2) is 5.78 Å². The molecule has 1 N–H and O–H groups in total. The van der Waals surface area contributed by atoms with Crippen molar-refractivity contribution in [2.75, 3.05) is 5.32 Å². The number of ketones is 1. The number of nitrogens with one attached hydrogen (secondary N) is 1. The highest BCUT2D eigenvalue weighted by atomic mass is 16.1. The zero-order valence-corrected chi connectivity index (χ0v) is 14.3. The number of nitrogens with zero attached hydrogens (tertiary/aromatic N) is 3. The molecule has 0 saturated heterocycles. The summed E-state index contributed by atoms with van der Waals surface area (Å²) in [6.07, 6.45) is 7.28. The Bertz CT molecular complexity index is 828. The van der Waals surface area contributed by atoms with Crippen molar-refractivity contribution < 1.29 is 4.79 Å². The SMILES string of the molecule is CC(C)Cc1ccc(Nc2ncc(C(=O)c3cccnc3)cn2)cc1. The number of rotatable bonds is 6. The molecule has 0 saturated carbocycles. The Labute approximate surface area is 147 Å². The van der Waals surface area contributed by atoms with Crippen LogP contribution in [-0.2, 0) is 6.42 Å². The highest BCUT2D eigenvalue weighted by Gasteiger charge is 2.10. The first-order chi connectivity index (χ1) is 12.1. The van der Waals surface area contributed by atoms with Gasteiger partial charge in [0.2, 0.25) is 5.95 Å². The minimum Gasteiger partial charge on any atom is -0.324 e. The van der Waals surface area contributed by atoms with Gasteiger partial charge in [-0.25, -0.2) is 9.97 Å². The molecule has 0 aliphatic carbocycles. The molecule has 0 spiro atoms. The van der Waals surface area contributed by atoms with E-state index in [0.29, 0.717) is 23.0 Å². The number of aromatic nitrogens is 3. The van der Waals surface area contributed by atoms with Crippen LogP contribution in [0.15, 0.2) is 61.2 Å². The van der Waals surface area contributed by atoms with Gasteiger partial charge < -0.3 is 5.32 Å². The second-order valence-corrected chi connectivity index (χ2v) is 6.29. The summed E-state index contributed by atoms with van der Waals surface area (Å²) in [6, 6.07) is 11.7. The Hall–Kier alpha value is -3.08. The first-order valence-electron chi connectivity index (χ1n) is 8.24. The summed E-state index contributed by atoms with van der Waals surface area (Å²) in [5, 5.41) is 3.14. The molecule has 3 aromatic rings. The Morgan fingerprint density at radius 3 is 2.32 bits per heavy atom. The Balaban J connectivity index is 1.67. The molecule has 5 nitrogen and oxygen atoms in total. The first kappa shape index (κ1) is 16.8. The third kappa shape index (κ3) is 4.47. The summed E-state index contributed by atoms with van der Waals surface area (Å²) in [7, 11) is 0. The van der Waals surface area contributed by atoms with Gasteiger partial charge in [0, 0.05) is 36.0 Å². The van der Waals surface area contributed by atoms with E-state index in [1.54, 1.807) is 18.3 Å². The molecule has 0 fully saturated rings. The predicted octanol–water partition coefficient (Wildman–Crippen LogP) is 4.04. The summed E-state index contributed by atoms with van der Waals surface area (Å²) >= 11 is 0. The van der Waals surface area contributed by atoms with E-state index in [9.17, 15) is 4.79 Å². The molecular weight excluding hydrogens is 312 g/mol. The maximum atomic E-state index is 12.3. The highest BCUT2D eigenvalue weighted by molar-refractivity contribution is 6.08. The minimum absolute atomic E-state index is 0.141. The number of pyridine rings is 1. The summed E-state index contributed by atoms with van der Waals surface area (Å²) in [5.41, 5.74) is 3.18. The van der Waals surface area contributed by atoms with Gasteiger partial charge in [0.05, 0.1) is 5.56 Å². The molecule has 126 valence electrons. The van der Waals surface area contributed by atoms with Crippen LogP contribution < -0.4 is 5.32 Å². The van der Waals surface area contributed by atoms with Crippen LogP contribution in [0.1, 0.15) is 35.3 Å². The maximum Gasteiger partial charge on any atom is 0.227 e. The third-order valence-electron chi connectivity index (χ3n) is 3.69. The standard InChI is InChI=1S/C20H20N4O/c1-14(2)10-15-5-7-18(8-6-15)24-20-22-12-17(13-23-20)19(25)16-4-3-9-21-11-16/h3-9,11-14H,10H2,1-2H3,(H,22,23,24). The minimum atomic E-state index is -0.141. The number of carbonyl (C=O) groups excluding carboxylic acids is 1. The lowest BCUT2D eigenvalue weighted by Gasteiger charge is -2.08. The van der Waals surface area contributed by atoms with E-state index in [1.165, 1.54) is 24.2 Å². The van der Waals surface area contributed by atoms with Crippen LogP contribution in [0, 0.1) is 5.92 Å². The zero-order valence-electron chi connectivity index (χ0n) is 14.3. The third-order valence-corrected chi connectivity index (χ3v) is 3.69. The van der Waals surface area contributed by atoms with Gasteiger partial charge in [-0.2, -0.15) is 0 Å². The van der Waals surface area contributed by atoms with Crippen molar-refractivity contribution in [3.63, 3.8) is 0 Å². The van der Waals surface area contributed by atoms with Crippen molar-refractivity contribution in [2.24, 2.45) is 5.92 Å². The Morgan fingerprint density at radius 2 is 1.72 bits per heavy atom. The molecule has 0 aliphatic heterocycles. The van der Waals surface area contributed by atoms with Gasteiger partial charge in [0.1, 0.15) is 0 Å². The molecule has 0 radical (unpaired) electrons. The molecule has 5 heteroatoms. The van der Waals surface area contributed by atoms with Crippen molar-refractivity contribution in [3.8, 4) is 0 Å². The highest BCUT2D eigenvalue weighted by Crippen LogP contribution is 2.16. The van der Waals surface area contributed by atoms with Gasteiger partial charge in [0.25, 0.3) is 0 Å². The van der Waals surface area contributed by atoms with Crippen molar-refractivity contribution in [1.29, 1.82) is 0 Å². The van der Waals surface area contributed by atoms with Crippen LogP contribution in [0.4, 0.5) is 11.6 Å². The number of hydrogen-bond acceptors (Lipinski definition) is 5. The van der Waals surface area contributed by atoms with Crippen molar-refractivity contribution in [3.05, 3.63) is 77.9 Å². The number of carbonyl (C=O) groups is 1. The van der Waals surface area contributed by atoms with E-state index >= 15 is 0 Å². The second-order valence-electron chi connectivity index (χ2n) is 6.29. The number of hydrogen-bond donors (Lipinski definition) is 1. The van der Waals surface area contributed by atoms with E-state index < -0.39 is 0 Å². The van der Waals surface area contributed by atoms with Crippen molar-refractivity contribution in [2.45, 2.75) is 20.3 Å². The van der Waals surface area contributed by atoms with Crippen LogP contribution in [0.25, 0.3) is 0 Å². The van der Waals surface area contributed by atoms with Crippen LogP contribution in [0.3, 0.4) is 0 Å².